The van der Waals surface area contributed by atoms with E-state index in [-0.39, 0.29) is 17.0 Å². The van der Waals surface area contributed by atoms with Gasteiger partial charge in [0.15, 0.2) is 22.5 Å². The summed E-state index contributed by atoms with van der Waals surface area (Å²) in [7, 11) is 3.47. The minimum Gasteiger partial charge on any atom is -0.497 e. The van der Waals surface area contributed by atoms with Gasteiger partial charge in [-0.1, -0.05) is 25.6 Å². The van der Waals surface area contributed by atoms with E-state index in [2.05, 4.69) is 15.5 Å². The molecule has 1 fully saturated rings. The number of hydrogen-bond donors (Lipinski definition) is 1. The average molecular weight is 388 g/mol. The SMILES string of the molecule is COc1ccc(NCc2nnc(SC3C(=O)CC(C)(C)CC3=O)n2C)cc1. The zero-order valence-corrected chi connectivity index (χ0v) is 16.8. The molecule has 0 radical (unpaired) electrons. The van der Waals surface area contributed by atoms with Gasteiger partial charge in [-0.25, -0.2) is 0 Å². The molecule has 1 aliphatic rings. The monoisotopic (exact) mass is 388 g/mol. The number of aromatic nitrogens is 3. The normalized spacial score (nSPS) is 17.2. The molecule has 8 heteroatoms. The van der Waals surface area contributed by atoms with Crippen molar-refractivity contribution in [3.05, 3.63) is 30.1 Å². The molecule has 0 spiro atoms. The summed E-state index contributed by atoms with van der Waals surface area (Å²) in [5.41, 5.74) is 0.686. The number of methoxy groups -OCH3 is 1. The molecule has 2 aromatic rings. The quantitative estimate of drug-likeness (QED) is 0.762. The van der Waals surface area contributed by atoms with Crippen LogP contribution in [0.15, 0.2) is 29.4 Å². The second-order valence-electron chi connectivity index (χ2n) is 7.49. The van der Waals surface area contributed by atoms with Crippen molar-refractivity contribution in [2.45, 2.75) is 43.6 Å². The van der Waals surface area contributed by atoms with E-state index < -0.39 is 5.25 Å². The van der Waals surface area contributed by atoms with Crippen molar-refractivity contribution < 1.29 is 14.3 Å². The van der Waals surface area contributed by atoms with E-state index in [4.69, 9.17) is 4.74 Å². The number of thioether (sulfide) groups is 1. The smallest absolute Gasteiger partial charge is 0.192 e. The van der Waals surface area contributed by atoms with E-state index in [9.17, 15) is 9.59 Å². The average Bonchev–Trinajstić information content (AvgIpc) is 2.96. The first kappa shape index (κ1) is 19.4. The molecule has 1 aromatic heterocycles. The highest BCUT2D eigenvalue weighted by molar-refractivity contribution is 8.01. The van der Waals surface area contributed by atoms with Crippen LogP contribution in [0.3, 0.4) is 0 Å². The maximum absolute atomic E-state index is 12.4. The van der Waals surface area contributed by atoms with Gasteiger partial charge in [-0.3, -0.25) is 9.59 Å². The molecular weight excluding hydrogens is 364 g/mol. The van der Waals surface area contributed by atoms with Crippen molar-refractivity contribution in [2.24, 2.45) is 12.5 Å². The van der Waals surface area contributed by atoms with Gasteiger partial charge in [-0.2, -0.15) is 0 Å². The van der Waals surface area contributed by atoms with E-state index in [0.29, 0.717) is 24.5 Å². The van der Waals surface area contributed by atoms with Crippen molar-refractivity contribution in [3.8, 4) is 5.75 Å². The third-order valence-electron chi connectivity index (χ3n) is 4.58. The minimum absolute atomic E-state index is 0.0258. The van der Waals surface area contributed by atoms with Gasteiger partial charge in [0.1, 0.15) is 11.0 Å². The number of ether oxygens (including phenoxy) is 1. The predicted octanol–water partition coefficient (Wildman–Crippen LogP) is 2.85. The summed E-state index contributed by atoms with van der Waals surface area (Å²) in [6.45, 7) is 4.39. The Morgan fingerprint density at radius 1 is 1.19 bits per heavy atom. The van der Waals surface area contributed by atoms with Crippen molar-refractivity contribution in [2.75, 3.05) is 12.4 Å². The number of benzene rings is 1. The molecule has 0 bridgehead atoms. The fraction of sp³-hybridized carbons (Fsp3) is 0.474. The highest BCUT2D eigenvalue weighted by atomic mass is 32.2. The first-order chi connectivity index (χ1) is 12.8. The predicted molar refractivity (Wildman–Crippen MR) is 104 cm³/mol. The molecule has 1 saturated carbocycles. The number of rotatable bonds is 6. The highest BCUT2D eigenvalue weighted by Gasteiger charge is 2.40. The lowest BCUT2D eigenvalue weighted by atomic mass is 9.76. The zero-order valence-electron chi connectivity index (χ0n) is 16.0. The number of anilines is 1. The Balaban J connectivity index is 1.64. The molecule has 0 atom stereocenters. The number of nitrogens with one attached hydrogen (secondary N) is 1. The number of Topliss-reactive ketones (excluding diaryl/α,β-unsaturated/α-hetero) is 2. The second kappa shape index (κ2) is 7.72. The number of carbonyl (C=O) groups excluding carboxylic acids is 2. The van der Waals surface area contributed by atoms with Gasteiger partial charge in [-0.05, 0) is 29.7 Å². The van der Waals surface area contributed by atoms with Crippen molar-refractivity contribution >= 4 is 29.0 Å². The minimum atomic E-state index is -0.677. The first-order valence-electron chi connectivity index (χ1n) is 8.77. The van der Waals surface area contributed by atoms with E-state index in [1.54, 1.807) is 7.11 Å². The van der Waals surface area contributed by atoms with E-state index in [1.165, 1.54) is 11.8 Å². The van der Waals surface area contributed by atoms with Gasteiger partial charge in [0.05, 0.1) is 13.7 Å². The van der Waals surface area contributed by atoms with Crippen LogP contribution in [0.25, 0.3) is 0 Å². The Labute approximate surface area is 162 Å². The van der Waals surface area contributed by atoms with Gasteiger partial charge in [0, 0.05) is 25.6 Å². The molecule has 144 valence electrons. The molecule has 1 N–H and O–H groups in total. The van der Waals surface area contributed by atoms with Gasteiger partial charge in [-0.15, -0.1) is 10.2 Å². The van der Waals surface area contributed by atoms with Crippen LogP contribution >= 0.6 is 11.8 Å². The summed E-state index contributed by atoms with van der Waals surface area (Å²) >= 11 is 1.20. The Morgan fingerprint density at radius 3 is 2.41 bits per heavy atom. The molecule has 1 heterocycles. The molecule has 1 aromatic carbocycles. The molecular formula is C19H24N4O3S. The molecule has 1 aliphatic carbocycles. The lowest BCUT2D eigenvalue weighted by Gasteiger charge is -2.31. The molecule has 0 amide bonds. The van der Waals surface area contributed by atoms with Crippen LogP contribution in [0.2, 0.25) is 0 Å². The van der Waals surface area contributed by atoms with Gasteiger partial charge >= 0.3 is 0 Å². The Bertz CT molecular complexity index is 825. The summed E-state index contributed by atoms with van der Waals surface area (Å²) in [5, 5.41) is 11.5. The Kier molecular flexibility index (Phi) is 5.55. The Morgan fingerprint density at radius 2 is 1.81 bits per heavy atom. The maximum Gasteiger partial charge on any atom is 0.192 e. The van der Waals surface area contributed by atoms with Gasteiger partial charge in [0.2, 0.25) is 0 Å². The lowest BCUT2D eigenvalue weighted by Crippen LogP contribution is -2.39. The molecule has 0 saturated heterocycles. The summed E-state index contributed by atoms with van der Waals surface area (Å²) in [5.74, 6) is 1.47. The molecule has 0 unspecified atom stereocenters. The topological polar surface area (TPSA) is 86.1 Å². The van der Waals surface area contributed by atoms with E-state index in [1.807, 2.05) is 49.7 Å². The molecule has 27 heavy (non-hydrogen) atoms. The Hall–Kier alpha value is -2.35. The fourth-order valence-electron chi connectivity index (χ4n) is 3.10. The van der Waals surface area contributed by atoms with Crippen LogP contribution in [-0.2, 0) is 23.2 Å². The van der Waals surface area contributed by atoms with Crippen molar-refractivity contribution in [1.82, 2.24) is 14.8 Å². The number of carbonyl (C=O) groups is 2. The van der Waals surface area contributed by atoms with Crippen LogP contribution in [0.4, 0.5) is 5.69 Å². The summed E-state index contributed by atoms with van der Waals surface area (Å²) in [4.78, 5) is 24.8. The molecule has 7 nitrogen and oxygen atoms in total. The fourth-order valence-corrected chi connectivity index (χ4v) is 4.09. The number of nitrogens with zero attached hydrogens (tertiary/aromatic N) is 3. The molecule has 3 rings (SSSR count). The summed E-state index contributed by atoms with van der Waals surface area (Å²) < 4.78 is 6.97. The molecule has 0 aliphatic heterocycles. The zero-order chi connectivity index (χ0) is 19.6. The van der Waals surface area contributed by atoms with Crippen LogP contribution in [0, 0.1) is 5.41 Å². The van der Waals surface area contributed by atoms with Gasteiger partial charge in [0.25, 0.3) is 0 Å². The van der Waals surface area contributed by atoms with E-state index in [0.717, 1.165) is 17.3 Å². The highest BCUT2D eigenvalue weighted by Crippen LogP contribution is 2.37. The van der Waals surface area contributed by atoms with Crippen molar-refractivity contribution in [1.29, 1.82) is 0 Å². The largest absolute Gasteiger partial charge is 0.497 e. The first-order valence-corrected chi connectivity index (χ1v) is 9.65. The van der Waals surface area contributed by atoms with Crippen LogP contribution in [0.5, 0.6) is 5.75 Å². The van der Waals surface area contributed by atoms with Gasteiger partial charge < -0.3 is 14.6 Å². The maximum atomic E-state index is 12.4. The number of hydrogen-bond acceptors (Lipinski definition) is 7. The third kappa shape index (κ3) is 4.50. The van der Waals surface area contributed by atoms with Crippen molar-refractivity contribution in [3.63, 3.8) is 0 Å². The lowest BCUT2D eigenvalue weighted by molar-refractivity contribution is -0.132. The standard InChI is InChI=1S/C19H24N4O3S/c1-19(2)9-14(24)17(15(25)10-19)27-18-22-21-16(23(18)3)11-20-12-5-7-13(26-4)8-6-12/h5-8,17,20H,9-11H2,1-4H3. The second-order valence-corrected chi connectivity index (χ2v) is 8.56. The third-order valence-corrected chi connectivity index (χ3v) is 5.91. The summed E-state index contributed by atoms with van der Waals surface area (Å²) in [6.07, 6.45) is 0.834. The van der Waals surface area contributed by atoms with Crippen LogP contribution in [-0.4, -0.2) is 38.7 Å². The van der Waals surface area contributed by atoms with Crippen LogP contribution < -0.4 is 10.1 Å². The van der Waals surface area contributed by atoms with Crippen LogP contribution in [0.1, 0.15) is 32.5 Å². The number of ketones is 2. The van der Waals surface area contributed by atoms with E-state index >= 15 is 0 Å². The summed E-state index contributed by atoms with van der Waals surface area (Å²) in [6, 6.07) is 7.60.